The molecule has 1 fully saturated rings. The first kappa shape index (κ1) is 19.7. The topological polar surface area (TPSA) is 63.1 Å². The van der Waals surface area contributed by atoms with Gasteiger partial charge in [-0.3, -0.25) is 9.88 Å². The lowest BCUT2D eigenvalue weighted by molar-refractivity contribution is 0.196. The number of methoxy groups -OCH3 is 1. The van der Waals surface area contributed by atoms with Crippen LogP contribution in [-0.4, -0.2) is 39.9 Å². The van der Waals surface area contributed by atoms with Gasteiger partial charge >= 0.3 is 5.69 Å². The minimum Gasteiger partial charge on any atom is -0.497 e. The summed E-state index contributed by atoms with van der Waals surface area (Å²) in [4.78, 5) is 17.6. The van der Waals surface area contributed by atoms with Gasteiger partial charge in [-0.2, -0.15) is 4.68 Å². The quantitative estimate of drug-likeness (QED) is 0.688. The van der Waals surface area contributed by atoms with Crippen LogP contribution in [0, 0.1) is 5.82 Å². The second-order valence-electron chi connectivity index (χ2n) is 7.25. The van der Waals surface area contributed by atoms with Crippen LogP contribution in [0.4, 0.5) is 4.39 Å². The molecule has 1 saturated heterocycles. The number of nitrogens with zero attached hydrogens (tertiary/aromatic N) is 3. The lowest BCUT2D eigenvalue weighted by Gasteiger charge is -2.31. The van der Waals surface area contributed by atoms with Gasteiger partial charge in [-0.05, 0) is 61.3 Å². The van der Waals surface area contributed by atoms with Gasteiger partial charge in [-0.1, -0.05) is 17.7 Å². The van der Waals surface area contributed by atoms with Gasteiger partial charge in [0.05, 0.1) is 17.8 Å². The number of aromatic amines is 1. The third kappa shape index (κ3) is 4.36. The van der Waals surface area contributed by atoms with Gasteiger partial charge in [0.2, 0.25) is 0 Å². The van der Waals surface area contributed by atoms with E-state index in [4.69, 9.17) is 16.3 Å². The first-order chi connectivity index (χ1) is 14.0. The standard InChI is InChI=1S/C21H22ClFN4O2/c1-29-17-7-5-16(6-8-17)27-21(28)24-20(25-27)15-3-2-10-26(13-15)12-14-4-9-18(22)19(23)11-14/h4-9,11,15H,2-3,10,12-13H2,1H3,(H,24,25,28). The van der Waals surface area contributed by atoms with Gasteiger partial charge in [0, 0.05) is 19.0 Å². The van der Waals surface area contributed by atoms with Crippen LogP contribution in [0.25, 0.3) is 5.69 Å². The summed E-state index contributed by atoms with van der Waals surface area (Å²) in [6.07, 6.45) is 1.93. The molecule has 2 heterocycles. The molecule has 1 aliphatic rings. The van der Waals surface area contributed by atoms with Crippen molar-refractivity contribution in [1.82, 2.24) is 19.7 Å². The zero-order valence-corrected chi connectivity index (χ0v) is 16.8. The number of ether oxygens (including phenoxy) is 1. The summed E-state index contributed by atoms with van der Waals surface area (Å²) in [7, 11) is 1.60. The molecule has 1 unspecified atom stereocenters. The van der Waals surface area contributed by atoms with Crippen molar-refractivity contribution in [2.45, 2.75) is 25.3 Å². The van der Waals surface area contributed by atoms with E-state index < -0.39 is 5.82 Å². The Morgan fingerprint density at radius 2 is 2.07 bits per heavy atom. The van der Waals surface area contributed by atoms with E-state index >= 15 is 0 Å². The molecule has 1 atom stereocenters. The van der Waals surface area contributed by atoms with E-state index in [1.165, 1.54) is 10.7 Å². The largest absolute Gasteiger partial charge is 0.497 e. The van der Waals surface area contributed by atoms with Crippen LogP contribution in [0.5, 0.6) is 5.75 Å². The maximum absolute atomic E-state index is 13.7. The molecule has 29 heavy (non-hydrogen) atoms. The van der Waals surface area contributed by atoms with Crippen LogP contribution in [-0.2, 0) is 6.54 Å². The van der Waals surface area contributed by atoms with Crippen molar-refractivity contribution in [2.75, 3.05) is 20.2 Å². The Bertz CT molecular complexity index is 1050. The van der Waals surface area contributed by atoms with Gasteiger partial charge in [0.15, 0.2) is 0 Å². The molecule has 0 amide bonds. The van der Waals surface area contributed by atoms with Gasteiger partial charge in [-0.25, -0.2) is 9.18 Å². The maximum atomic E-state index is 13.7. The number of likely N-dealkylation sites (tertiary alicyclic amines) is 1. The molecule has 3 aromatic rings. The van der Waals surface area contributed by atoms with E-state index in [0.717, 1.165) is 37.2 Å². The van der Waals surface area contributed by atoms with Crippen molar-refractivity contribution in [3.63, 3.8) is 0 Å². The highest BCUT2D eigenvalue weighted by Crippen LogP contribution is 2.26. The number of H-pyrrole nitrogens is 1. The molecule has 4 rings (SSSR count). The molecular weight excluding hydrogens is 395 g/mol. The Kier molecular flexibility index (Phi) is 5.69. The smallest absolute Gasteiger partial charge is 0.348 e. The zero-order valence-electron chi connectivity index (χ0n) is 16.1. The number of hydrogen-bond acceptors (Lipinski definition) is 4. The molecule has 1 aromatic heterocycles. The number of piperidine rings is 1. The van der Waals surface area contributed by atoms with Crippen molar-refractivity contribution in [3.8, 4) is 11.4 Å². The van der Waals surface area contributed by atoms with Gasteiger partial charge < -0.3 is 4.74 Å². The van der Waals surface area contributed by atoms with Crippen LogP contribution in [0.2, 0.25) is 5.02 Å². The second kappa shape index (κ2) is 8.39. The molecule has 6 nitrogen and oxygen atoms in total. The number of rotatable bonds is 5. The highest BCUT2D eigenvalue weighted by molar-refractivity contribution is 6.30. The van der Waals surface area contributed by atoms with Crippen LogP contribution >= 0.6 is 11.6 Å². The number of nitrogens with one attached hydrogen (secondary N) is 1. The highest BCUT2D eigenvalue weighted by atomic mass is 35.5. The van der Waals surface area contributed by atoms with E-state index in [2.05, 4.69) is 15.0 Å². The number of halogens is 2. The third-order valence-electron chi connectivity index (χ3n) is 5.23. The van der Waals surface area contributed by atoms with E-state index in [1.54, 1.807) is 37.4 Å². The molecule has 1 N–H and O–H groups in total. The number of benzene rings is 2. The molecule has 0 radical (unpaired) electrons. The Morgan fingerprint density at radius 1 is 1.28 bits per heavy atom. The Labute approximate surface area is 172 Å². The molecule has 0 bridgehead atoms. The fourth-order valence-corrected chi connectivity index (χ4v) is 3.86. The number of hydrogen-bond donors (Lipinski definition) is 1. The third-order valence-corrected chi connectivity index (χ3v) is 5.54. The van der Waals surface area contributed by atoms with Crippen LogP contribution in [0.1, 0.15) is 30.1 Å². The van der Waals surface area contributed by atoms with Crippen molar-refractivity contribution >= 4 is 11.6 Å². The summed E-state index contributed by atoms with van der Waals surface area (Å²) in [6, 6.07) is 12.1. The minimum absolute atomic E-state index is 0.119. The first-order valence-electron chi connectivity index (χ1n) is 9.53. The lowest BCUT2D eigenvalue weighted by atomic mass is 9.97. The zero-order chi connectivity index (χ0) is 20.4. The van der Waals surface area contributed by atoms with E-state index in [0.29, 0.717) is 18.1 Å². The summed E-state index contributed by atoms with van der Waals surface area (Å²) in [6.45, 7) is 2.30. The van der Waals surface area contributed by atoms with Gasteiger partial charge in [0.25, 0.3) is 0 Å². The molecule has 2 aromatic carbocycles. The van der Waals surface area contributed by atoms with Crippen molar-refractivity contribution in [1.29, 1.82) is 0 Å². The molecule has 0 spiro atoms. The molecule has 0 saturated carbocycles. The molecule has 1 aliphatic heterocycles. The second-order valence-corrected chi connectivity index (χ2v) is 7.66. The summed E-state index contributed by atoms with van der Waals surface area (Å²) >= 11 is 5.77. The normalized spacial score (nSPS) is 17.4. The molecule has 8 heteroatoms. The molecule has 0 aliphatic carbocycles. The SMILES string of the molecule is COc1ccc(-n2nc(C3CCCN(Cc4ccc(Cl)c(F)c4)C3)[nH]c2=O)cc1. The van der Waals surface area contributed by atoms with Crippen molar-refractivity contribution < 1.29 is 9.13 Å². The Balaban J connectivity index is 1.49. The minimum atomic E-state index is -0.403. The van der Waals surface area contributed by atoms with Crippen LogP contribution in [0.3, 0.4) is 0 Å². The summed E-state index contributed by atoms with van der Waals surface area (Å²) in [5, 5.41) is 4.66. The van der Waals surface area contributed by atoms with E-state index in [-0.39, 0.29) is 16.6 Å². The average Bonchev–Trinajstić information content (AvgIpc) is 3.13. The fraction of sp³-hybridized carbons (Fsp3) is 0.333. The maximum Gasteiger partial charge on any atom is 0.348 e. The summed E-state index contributed by atoms with van der Waals surface area (Å²) in [5.41, 5.74) is 1.30. The highest BCUT2D eigenvalue weighted by Gasteiger charge is 2.25. The monoisotopic (exact) mass is 416 g/mol. The average molecular weight is 417 g/mol. The van der Waals surface area contributed by atoms with Crippen molar-refractivity contribution in [3.05, 3.63) is 75.2 Å². The molecule has 152 valence electrons. The molecular formula is C21H22ClFN4O2. The van der Waals surface area contributed by atoms with Gasteiger partial charge in [0.1, 0.15) is 17.4 Å². The predicted octanol–water partition coefficient (Wildman–Crippen LogP) is 3.74. The first-order valence-corrected chi connectivity index (χ1v) is 9.91. The van der Waals surface area contributed by atoms with E-state index in [9.17, 15) is 9.18 Å². The van der Waals surface area contributed by atoms with Crippen LogP contribution < -0.4 is 10.4 Å². The Hall–Kier alpha value is -2.64. The summed E-state index contributed by atoms with van der Waals surface area (Å²) in [5.74, 6) is 1.12. The van der Waals surface area contributed by atoms with Crippen molar-refractivity contribution in [2.24, 2.45) is 0 Å². The predicted molar refractivity (Wildman–Crippen MR) is 109 cm³/mol. The van der Waals surface area contributed by atoms with Gasteiger partial charge in [-0.15, -0.1) is 5.10 Å². The fourth-order valence-electron chi connectivity index (χ4n) is 3.74. The van der Waals surface area contributed by atoms with Crippen LogP contribution in [0.15, 0.2) is 47.3 Å². The Morgan fingerprint density at radius 3 is 2.79 bits per heavy atom. The number of aromatic nitrogens is 3. The van der Waals surface area contributed by atoms with E-state index in [1.807, 2.05) is 6.07 Å². The lowest BCUT2D eigenvalue weighted by Crippen LogP contribution is -2.34. The summed E-state index contributed by atoms with van der Waals surface area (Å²) < 4.78 is 20.3.